The van der Waals surface area contributed by atoms with E-state index in [9.17, 15) is 9.18 Å². The molecule has 0 fully saturated rings. The molecule has 3 aromatic rings. The number of aromatic amines is 1. The molecule has 8 heteroatoms. The molecule has 1 amide bonds. The maximum absolute atomic E-state index is 13.9. The summed E-state index contributed by atoms with van der Waals surface area (Å²) in [6.45, 7) is 1.29. The zero-order chi connectivity index (χ0) is 20.8. The first-order chi connectivity index (χ1) is 14.0. The van der Waals surface area contributed by atoms with Gasteiger partial charge in [-0.2, -0.15) is 5.26 Å². The van der Waals surface area contributed by atoms with Crippen molar-refractivity contribution < 1.29 is 13.9 Å². The number of rotatable bonds is 8. The molecule has 6 N–H and O–H groups in total. The van der Waals surface area contributed by atoms with Crippen LogP contribution in [0.3, 0.4) is 0 Å². The number of nitriles is 1. The SMILES string of the molecule is N#Cc1ccc(-c2c(C(=O)NCC(N)COCCN)[nH]c3ccc(F)cc23)cc1. The number of nitrogens with two attached hydrogens (primary N) is 2. The third-order valence-corrected chi connectivity index (χ3v) is 4.41. The van der Waals surface area contributed by atoms with E-state index >= 15 is 0 Å². The monoisotopic (exact) mass is 395 g/mol. The second kappa shape index (κ2) is 9.30. The van der Waals surface area contributed by atoms with Gasteiger partial charge in [0.2, 0.25) is 0 Å². The first-order valence-electron chi connectivity index (χ1n) is 9.17. The highest BCUT2D eigenvalue weighted by molar-refractivity contribution is 6.09. The predicted molar refractivity (Wildman–Crippen MR) is 109 cm³/mol. The summed E-state index contributed by atoms with van der Waals surface area (Å²) >= 11 is 0. The van der Waals surface area contributed by atoms with Crippen molar-refractivity contribution in [2.75, 3.05) is 26.3 Å². The third-order valence-electron chi connectivity index (χ3n) is 4.41. The smallest absolute Gasteiger partial charge is 0.268 e. The Morgan fingerprint density at radius 2 is 2.03 bits per heavy atom. The van der Waals surface area contributed by atoms with Gasteiger partial charge in [-0.1, -0.05) is 12.1 Å². The van der Waals surface area contributed by atoms with Crippen LogP contribution in [0.15, 0.2) is 42.5 Å². The molecule has 0 radical (unpaired) electrons. The molecule has 7 nitrogen and oxygen atoms in total. The summed E-state index contributed by atoms with van der Waals surface area (Å²) < 4.78 is 19.1. The van der Waals surface area contributed by atoms with Gasteiger partial charge >= 0.3 is 0 Å². The number of nitrogens with zero attached hydrogens (tertiary/aromatic N) is 1. The zero-order valence-electron chi connectivity index (χ0n) is 15.7. The van der Waals surface area contributed by atoms with E-state index in [0.717, 1.165) is 0 Å². The van der Waals surface area contributed by atoms with E-state index in [1.807, 2.05) is 0 Å². The predicted octanol–water partition coefficient (Wildman–Crippen LogP) is 1.88. The molecule has 0 aliphatic heterocycles. The Labute approximate surface area is 167 Å². The van der Waals surface area contributed by atoms with Crippen molar-refractivity contribution in [3.8, 4) is 17.2 Å². The van der Waals surface area contributed by atoms with Crippen molar-refractivity contribution in [3.05, 3.63) is 59.5 Å². The number of amides is 1. The lowest BCUT2D eigenvalue weighted by atomic mass is 10.00. The molecule has 1 unspecified atom stereocenters. The Hall–Kier alpha value is -3.25. The van der Waals surface area contributed by atoms with E-state index < -0.39 is 5.82 Å². The Balaban J connectivity index is 1.90. The van der Waals surface area contributed by atoms with Gasteiger partial charge in [0.05, 0.1) is 24.8 Å². The van der Waals surface area contributed by atoms with Gasteiger partial charge in [0.15, 0.2) is 0 Å². The van der Waals surface area contributed by atoms with Gasteiger partial charge < -0.3 is 26.5 Å². The van der Waals surface area contributed by atoms with Crippen molar-refractivity contribution in [2.24, 2.45) is 11.5 Å². The number of carbonyl (C=O) groups excluding carboxylic acids is 1. The first-order valence-corrected chi connectivity index (χ1v) is 9.17. The summed E-state index contributed by atoms with van der Waals surface area (Å²) in [7, 11) is 0. The highest BCUT2D eigenvalue weighted by Crippen LogP contribution is 2.33. The number of hydrogen-bond acceptors (Lipinski definition) is 5. The van der Waals surface area contributed by atoms with Crippen LogP contribution in [-0.2, 0) is 4.74 Å². The van der Waals surface area contributed by atoms with Gasteiger partial charge in [-0.25, -0.2) is 4.39 Å². The number of hydrogen-bond donors (Lipinski definition) is 4. The fraction of sp³-hybridized carbons (Fsp3) is 0.238. The van der Waals surface area contributed by atoms with Crippen LogP contribution in [0, 0.1) is 17.1 Å². The minimum absolute atomic E-state index is 0.208. The molecule has 0 spiro atoms. The molecule has 1 heterocycles. The van der Waals surface area contributed by atoms with Crippen LogP contribution in [0.2, 0.25) is 0 Å². The molecule has 3 rings (SSSR count). The van der Waals surface area contributed by atoms with Gasteiger partial charge in [0, 0.05) is 35.6 Å². The molecule has 0 saturated heterocycles. The van der Waals surface area contributed by atoms with E-state index in [2.05, 4.69) is 16.4 Å². The standard InChI is InChI=1S/C21H22FN5O2/c22-15-5-6-18-17(9-15)19(14-3-1-13(10-24)2-4-14)20(27-18)21(28)26-11-16(25)12-29-8-7-23/h1-6,9,16,27H,7-8,11-12,23,25H2,(H,26,28). The van der Waals surface area contributed by atoms with Crippen LogP contribution in [0.4, 0.5) is 4.39 Å². The van der Waals surface area contributed by atoms with Gasteiger partial charge in [-0.05, 0) is 35.9 Å². The maximum atomic E-state index is 13.9. The molecule has 0 aliphatic carbocycles. The third kappa shape index (κ3) is 4.78. The molecular weight excluding hydrogens is 373 g/mol. The van der Waals surface area contributed by atoms with Crippen molar-refractivity contribution in [1.82, 2.24) is 10.3 Å². The summed E-state index contributed by atoms with van der Waals surface area (Å²) in [5.41, 5.74) is 14.0. The lowest BCUT2D eigenvalue weighted by Gasteiger charge is -2.13. The number of halogens is 1. The van der Waals surface area contributed by atoms with Crippen LogP contribution in [0.1, 0.15) is 16.1 Å². The quantitative estimate of drug-likeness (QED) is 0.433. The Morgan fingerprint density at radius 3 is 2.72 bits per heavy atom. The number of ether oxygens (including phenoxy) is 1. The van der Waals surface area contributed by atoms with Crippen LogP contribution in [-0.4, -0.2) is 43.2 Å². The largest absolute Gasteiger partial charge is 0.378 e. The van der Waals surface area contributed by atoms with Crippen molar-refractivity contribution in [2.45, 2.75) is 6.04 Å². The van der Waals surface area contributed by atoms with Crippen molar-refractivity contribution >= 4 is 16.8 Å². The Bertz CT molecular complexity index is 1040. The average molecular weight is 395 g/mol. The van der Waals surface area contributed by atoms with Crippen LogP contribution >= 0.6 is 0 Å². The molecule has 0 saturated carbocycles. The lowest BCUT2D eigenvalue weighted by molar-refractivity contribution is 0.0929. The number of aromatic nitrogens is 1. The van der Waals surface area contributed by atoms with Gasteiger partial charge in [0.25, 0.3) is 5.91 Å². The van der Waals surface area contributed by atoms with Crippen molar-refractivity contribution in [1.29, 1.82) is 5.26 Å². The van der Waals surface area contributed by atoms with Gasteiger partial charge in [-0.3, -0.25) is 4.79 Å². The normalized spacial score (nSPS) is 11.9. The first kappa shape index (κ1) is 20.5. The average Bonchev–Trinajstić information content (AvgIpc) is 3.11. The number of nitrogens with one attached hydrogen (secondary N) is 2. The Morgan fingerprint density at radius 1 is 1.28 bits per heavy atom. The summed E-state index contributed by atoms with van der Waals surface area (Å²) in [4.78, 5) is 15.9. The van der Waals surface area contributed by atoms with E-state index in [1.54, 1.807) is 30.3 Å². The fourth-order valence-corrected chi connectivity index (χ4v) is 3.03. The zero-order valence-corrected chi connectivity index (χ0v) is 15.7. The highest BCUT2D eigenvalue weighted by atomic mass is 19.1. The second-order valence-corrected chi connectivity index (χ2v) is 6.59. The van der Waals surface area contributed by atoms with E-state index in [0.29, 0.717) is 46.4 Å². The summed E-state index contributed by atoms with van der Waals surface area (Å²) in [6, 6.07) is 12.7. The molecule has 0 aliphatic rings. The number of benzene rings is 2. The number of fused-ring (bicyclic) bond motifs is 1. The van der Waals surface area contributed by atoms with Crippen LogP contribution < -0.4 is 16.8 Å². The topological polar surface area (TPSA) is 130 Å². The van der Waals surface area contributed by atoms with E-state index in [1.165, 1.54) is 12.1 Å². The van der Waals surface area contributed by atoms with Gasteiger partial charge in [0.1, 0.15) is 11.5 Å². The molecule has 150 valence electrons. The minimum atomic E-state index is -0.405. The minimum Gasteiger partial charge on any atom is -0.378 e. The highest BCUT2D eigenvalue weighted by Gasteiger charge is 2.20. The van der Waals surface area contributed by atoms with Crippen LogP contribution in [0.5, 0.6) is 0 Å². The molecular formula is C21H22FN5O2. The number of H-pyrrole nitrogens is 1. The van der Waals surface area contributed by atoms with Crippen molar-refractivity contribution in [3.63, 3.8) is 0 Å². The molecule has 1 aromatic heterocycles. The molecule has 29 heavy (non-hydrogen) atoms. The maximum Gasteiger partial charge on any atom is 0.268 e. The van der Waals surface area contributed by atoms with E-state index in [-0.39, 0.29) is 25.1 Å². The van der Waals surface area contributed by atoms with E-state index in [4.69, 9.17) is 21.5 Å². The molecule has 2 aromatic carbocycles. The fourth-order valence-electron chi connectivity index (χ4n) is 3.03. The Kier molecular flexibility index (Phi) is 6.57. The second-order valence-electron chi connectivity index (χ2n) is 6.59. The summed E-state index contributed by atoms with van der Waals surface area (Å²) in [6.07, 6.45) is 0. The summed E-state index contributed by atoms with van der Waals surface area (Å²) in [5.74, 6) is -0.771. The molecule has 1 atom stereocenters. The lowest BCUT2D eigenvalue weighted by Crippen LogP contribution is -2.40. The van der Waals surface area contributed by atoms with Crippen LogP contribution in [0.25, 0.3) is 22.0 Å². The number of carbonyl (C=O) groups is 1. The summed E-state index contributed by atoms with van der Waals surface area (Å²) in [5, 5.41) is 12.4. The van der Waals surface area contributed by atoms with Gasteiger partial charge in [-0.15, -0.1) is 0 Å². The molecule has 0 bridgehead atoms.